The molecule has 0 unspecified atom stereocenters. The molecule has 11 heteroatoms. The Balaban J connectivity index is 1.39. The van der Waals surface area contributed by atoms with Crippen molar-refractivity contribution in [3.05, 3.63) is 40.3 Å². The summed E-state index contributed by atoms with van der Waals surface area (Å²) in [6, 6.07) is 5.05. The smallest absolute Gasteiger partial charge is 0.330 e. The number of ether oxygens (including phenoxy) is 1. The van der Waals surface area contributed by atoms with Crippen LogP contribution < -0.4 is 0 Å². The molecule has 0 spiro atoms. The number of nitrogens with zero attached hydrogens (tertiary/aromatic N) is 4. The van der Waals surface area contributed by atoms with Crippen LogP contribution in [-0.2, 0) is 20.9 Å². The molecular formula is C17H16N4O6S. The van der Waals surface area contributed by atoms with E-state index in [1.165, 1.54) is 24.3 Å². The van der Waals surface area contributed by atoms with Crippen molar-refractivity contribution in [3.8, 4) is 11.5 Å². The summed E-state index contributed by atoms with van der Waals surface area (Å²) in [5.41, 5.74) is 0.469. The lowest BCUT2D eigenvalue weighted by Gasteiger charge is -2.29. The summed E-state index contributed by atoms with van der Waals surface area (Å²) >= 11 is 1.59. The first-order chi connectivity index (χ1) is 13.4. The molecule has 3 heterocycles. The molecule has 2 atom stereocenters. The fourth-order valence-electron chi connectivity index (χ4n) is 3.38. The van der Waals surface area contributed by atoms with Gasteiger partial charge in [-0.1, -0.05) is 0 Å². The van der Waals surface area contributed by atoms with Gasteiger partial charge in [-0.05, 0) is 25.5 Å². The molecule has 4 rings (SSSR count). The van der Waals surface area contributed by atoms with E-state index in [2.05, 4.69) is 10.2 Å². The van der Waals surface area contributed by atoms with Gasteiger partial charge in [0.2, 0.25) is 11.8 Å². The van der Waals surface area contributed by atoms with Gasteiger partial charge in [0.25, 0.3) is 11.6 Å². The van der Waals surface area contributed by atoms with Gasteiger partial charge in [0.1, 0.15) is 6.04 Å². The molecule has 0 bridgehead atoms. The minimum absolute atomic E-state index is 0.0345. The number of non-ortho nitro benzene ring substituents is 1. The Morgan fingerprint density at radius 2 is 2.18 bits per heavy atom. The quantitative estimate of drug-likeness (QED) is 0.418. The van der Waals surface area contributed by atoms with E-state index in [0.29, 0.717) is 17.7 Å². The number of thioether (sulfide) groups is 1. The summed E-state index contributed by atoms with van der Waals surface area (Å²) in [6.07, 6.45) is 1.16. The third-order valence-electron chi connectivity index (χ3n) is 4.85. The van der Waals surface area contributed by atoms with Crippen molar-refractivity contribution in [2.24, 2.45) is 0 Å². The van der Waals surface area contributed by atoms with Crippen LogP contribution in [0.4, 0.5) is 5.69 Å². The van der Waals surface area contributed by atoms with Crippen LogP contribution in [0.15, 0.2) is 28.7 Å². The highest BCUT2D eigenvalue weighted by atomic mass is 32.2. The summed E-state index contributed by atoms with van der Waals surface area (Å²) in [7, 11) is 0. The van der Waals surface area contributed by atoms with E-state index in [9.17, 15) is 19.7 Å². The Morgan fingerprint density at radius 3 is 2.89 bits per heavy atom. The maximum absolute atomic E-state index is 12.4. The van der Waals surface area contributed by atoms with Crippen molar-refractivity contribution in [2.45, 2.75) is 37.3 Å². The van der Waals surface area contributed by atoms with Gasteiger partial charge in [-0.2, -0.15) is 0 Å². The van der Waals surface area contributed by atoms with E-state index >= 15 is 0 Å². The van der Waals surface area contributed by atoms with Crippen LogP contribution in [0.3, 0.4) is 0 Å². The minimum Gasteiger partial charge on any atom is -0.454 e. The van der Waals surface area contributed by atoms with Crippen LogP contribution in [0.5, 0.6) is 0 Å². The monoisotopic (exact) mass is 404 g/mol. The zero-order chi connectivity index (χ0) is 19.9. The molecule has 2 fully saturated rings. The summed E-state index contributed by atoms with van der Waals surface area (Å²) in [5.74, 6) is 0.232. The lowest BCUT2D eigenvalue weighted by Crippen LogP contribution is -2.46. The molecule has 2 aliphatic heterocycles. The van der Waals surface area contributed by atoms with E-state index in [1.807, 2.05) is 6.92 Å². The largest absolute Gasteiger partial charge is 0.454 e. The molecule has 1 aromatic carbocycles. The van der Waals surface area contributed by atoms with Crippen molar-refractivity contribution in [2.75, 3.05) is 5.75 Å². The number of nitro benzene ring substituents is 1. The minimum atomic E-state index is -0.609. The van der Waals surface area contributed by atoms with Crippen LogP contribution in [0.1, 0.15) is 25.7 Å². The van der Waals surface area contributed by atoms with E-state index in [0.717, 1.165) is 6.42 Å². The van der Waals surface area contributed by atoms with Crippen molar-refractivity contribution in [1.82, 2.24) is 15.1 Å². The Morgan fingerprint density at radius 1 is 1.43 bits per heavy atom. The fraction of sp³-hybridized carbons (Fsp3) is 0.412. The number of carbonyl (C=O) groups excluding carboxylic acids is 2. The topological polar surface area (TPSA) is 129 Å². The predicted octanol–water partition coefficient (Wildman–Crippen LogP) is 2.14. The molecule has 1 aromatic heterocycles. The lowest BCUT2D eigenvalue weighted by atomic mass is 10.2. The van der Waals surface area contributed by atoms with Crippen molar-refractivity contribution >= 4 is 29.3 Å². The first kappa shape index (κ1) is 18.4. The van der Waals surface area contributed by atoms with Gasteiger partial charge in [0.05, 0.1) is 9.79 Å². The lowest BCUT2D eigenvalue weighted by molar-refractivity contribution is -0.384. The van der Waals surface area contributed by atoms with Crippen LogP contribution in [0.2, 0.25) is 0 Å². The van der Waals surface area contributed by atoms with Gasteiger partial charge < -0.3 is 14.1 Å². The highest BCUT2D eigenvalue weighted by molar-refractivity contribution is 8.01. The summed E-state index contributed by atoms with van der Waals surface area (Å²) in [6.45, 7) is 1.75. The molecule has 10 nitrogen and oxygen atoms in total. The summed E-state index contributed by atoms with van der Waals surface area (Å²) in [4.78, 5) is 36.0. The van der Waals surface area contributed by atoms with Gasteiger partial charge in [0.15, 0.2) is 6.61 Å². The predicted molar refractivity (Wildman–Crippen MR) is 96.9 cm³/mol. The standard InChI is InChI=1S/C17H16N4O6S/c1-17-7-6-14(22)20(17)12(9-28-17)16(23)26-8-13-18-19-15(27-13)10-2-4-11(5-3-10)21(24)25/h2-5,12H,6-9H2,1H3/t12-,17-/m0/s1. The second kappa shape index (κ2) is 6.89. The second-order valence-corrected chi connectivity index (χ2v) is 8.18. The van der Waals surface area contributed by atoms with Gasteiger partial charge in [-0.15, -0.1) is 22.0 Å². The number of hydrogen-bond acceptors (Lipinski definition) is 9. The normalized spacial score (nSPS) is 23.7. The molecule has 2 aliphatic rings. The van der Waals surface area contributed by atoms with Crippen LogP contribution in [-0.4, -0.2) is 48.6 Å². The molecule has 2 saturated heterocycles. The maximum Gasteiger partial charge on any atom is 0.330 e. The van der Waals surface area contributed by atoms with E-state index < -0.39 is 16.9 Å². The van der Waals surface area contributed by atoms with Gasteiger partial charge in [-0.25, -0.2) is 4.79 Å². The van der Waals surface area contributed by atoms with E-state index in [1.54, 1.807) is 16.7 Å². The zero-order valence-corrected chi connectivity index (χ0v) is 15.7. The van der Waals surface area contributed by atoms with Crippen LogP contribution in [0, 0.1) is 10.1 Å². The number of fused-ring (bicyclic) bond motifs is 1. The molecule has 146 valence electrons. The number of esters is 1. The first-order valence-corrected chi connectivity index (χ1v) is 9.56. The third-order valence-corrected chi connectivity index (χ3v) is 6.35. The maximum atomic E-state index is 12.4. The van der Waals surface area contributed by atoms with Crippen molar-refractivity contribution in [3.63, 3.8) is 0 Å². The number of rotatable bonds is 5. The van der Waals surface area contributed by atoms with E-state index in [-0.39, 0.29) is 34.9 Å². The first-order valence-electron chi connectivity index (χ1n) is 8.57. The average molecular weight is 404 g/mol. The number of nitro groups is 1. The molecule has 0 N–H and O–H groups in total. The number of aromatic nitrogens is 2. The van der Waals surface area contributed by atoms with Gasteiger partial charge >= 0.3 is 5.97 Å². The van der Waals surface area contributed by atoms with Crippen molar-refractivity contribution < 1.29 is 23.7 Å². The number of benzene rings is 1. The fourth-order valence-corrected chi connectivity index (χ4v) is 4.80. The third kappa shape index (κ3) is 3.21. The van der Waals surface area contributed by atoms with Crippen LogP contribution >= 0.6 is 11.8 Å². The number of amides is 1. The zero-order valence-electron chi connectivity index (χ0n) is 14.9. The Bertz CT molecular complexity index is 945. The Hall–Kier alpha value is -2.95. The summed E-state index contributed by atoms with van der Waals surface area (Å²) < 4.78 is 10.7. The Kier molecular flexibility index (Phi) is 4.53. The number of carbonyl (C=O) groups is 2. The molecule has 0 saturated carbocycles. The van der Waals surface area contributed by atoms with Crippen LogP contribution in [0.25, 0.3) is 11.5 Å². The SMILES string of the molecule is C[C@]12CCC(=O)N1[C@H](C(=O)OCc1nnc(-c3ccc([N+](=O)[O-])cc3)o1)CS2. The Labute approximate surface area is 163 Å². The molecule has 28 heavy (non-hydrogen) atoms. The molecular weight excluding hydrogens is 388 g/mol. The highest BCUT2D eigenvalue weighted by Crippen LogP contribution is 2.47. The van der Waals surface area contributed by atoms with Crippen molar-refractivity contribution in [1.29, 1.82) is 0 Å². The summed E-state index contributed by atoms with van der Waals surface area (Å²) in [5, 5.41) is 18.4. The van der Waals surface area contributed by atoms with Gasteiger partial charge in [0, 0.05) is 29.9 Å². The molecule has 0 aliphatic carbocycles. The number of hydrogen-bond donors (Lipinski definition) is 0. The molecule has 1 amide bonds. The highest BCUT2D eigenvalue weighted by Gasteiger charge is 2.53. The average Bonchev–Trinajstić information content (AvgIpc) is 3.36. The molecule has 0 radical (unpaired) electrons. The van der Waals surface area contributed by atoms with Gasteiger partial charge in [-0.3, -0.25) is 14.9 Å². The second-order valence-electron chi connectivity index (χ2n) is 6.68. The molecule has 2 aromatic rings. The van der Waals surface area contributed by atoms with E-state index in [4.69, 9.17) is 9.15 Å².